The average Bonchev–Trinajstić information content (AvgIpc) is 2.37. The third kappa shape index (κ3) is 3.62. The Kier molecular flexibility index (Phi) is 4.95. The van der Waals surface area contributed by atoms with Gasteiger partial charge in [-0.15, -0.1) is 0 Å². The number of allylic oxidation sites excluding steroid dienone is 2. The van der Waals surface area contributed by atoms with Crippen LogP contribution in [-0.4, -0.2) is 0 Å². The molecule has 0 heterocycles. The van der Waals surface area contributed by atoms with Crippen LogP contribution in [0.5, 0.6) is 0 Å². The van der Waals surface area contributed by atoms with Gasteiger partial charge in [-0.2, -0.15) is 29.0 Å². The molecule has 0 aromatic heterocycles. The van der Waals surface area contributed by atoms with Gasteiger partial charge in [-0.3, -0.25) is 0 Å². The molecule has 0 saturated heterocycles. The van der Waals surface area contributed by atoms with Crippen LogP contribution in [0.1, 0.15) is 5.56 Å². The summed E-state index contributed by atoms with van der Waals surface area (Å²) in [5.41, 5.74) is -1.37. The lowest BCUT2D eigenvalue weighted by molar-refractivity contribution is -0.138. The molecule has 0 aliphatic heterocycles. The number of anilines is 1. The lowest BCUT2D eigenvalue weighted by atomic mass is 10.2. The zero-order valence-electron chi connectivity index (χ0n) is 9.59. The summed E-state index contributed by atoms with van der Waals surface area (Å²) in [7, 11) is 0. The molecular weight excluding hydrogens is 384 g/mol. The van der Waals surface area contributed by atoms with Crippen LogP contribution in [0.2, 0.25) is 0 Å². The van der Waals surface area contributed by atoms with Gasteiger partial charge in [-0.25, -0.2) is 0 Å². The molecule has 1 N–H and O–H groups in total. The molecule has 0 saturated carbocycles. The minimum atomic E-state index is -4.46. The molecular formula is C12H4F3IN4. The molecule has 0 bridgehead atoms. The highest BCUT2D eigenvalue weighted by Gasteiger charge is 2.32. The summed E-state index contributed by atoms with van der Waals surface area (Å²) in [6, 6.07) is 7.82. The van der Waals surface area contributed by atoms with E-state index >= 15 is 0 Å². The number of rotatable bonds is 2. The molecule has 4 nitrogen and oxygen atoms in total. The van der Waals surface area contributed by atoms with Crippen molar-refractivity contribution in [3.8, 4) is 18.2 Å². The third-order valence-corrected chi connectivity index (χ3v) is 3.02. The number of hydrogen-bond acceptors (Lipinski definition) is 4. The molecule has 0 aliphatic carbocycles. The van der Waals surface area contributed by atoms with Crippen molar-refractivity contribution in [3.63, 3.8) is 0 Å². The van der Waals surface area contributed by atoms with Gasteiger partial charge in [0.25, 0.3) is 0 Å². The molecule has 0 unspecified atom stereocenters. The van der Waals surface area contributed by atoms with E-state index in [1.807, 2.05) is 0 Å². The van der Waals surface area contributed by atoms with Crippen LogP contribution in [0.3, 0.4) is 0 Å². The normalized spacial score (nSPS) is 9.85. The highest BCUT2D eigenvalue weighted by atomic mass is 127. The van der Waals surface area contributed by atoms with Gasteiger partial charge in [0.15, 0.2) is 5.57 Å². The fourth-order valence-corrected chi connectivity index (χ4v) is 2.07. The van der Waals surface area contributed by atoms with Crippen molar-refractivity contribution in [1.29, 1.82) is 15.8 Å². The van der Waals surface area contributed by atoms with Gasteiger partial charge < -0.3 is 5.32 Å². The number of nitrogens with one attached hydrogen (secondary N) is 1. The summed E-state index contributed by atoms with van der Waals surface area (Å²) in [6.45, 7) is 0. The summed E-state index contributed by atoms with van der Waals surface area (Å²) in [4.78, 5) is 0. The first-order valence-electron chi connectivity index (χ1n) is 4.91. The van der Waals surface area contributed by atoms with Crippen molar-refractivity contribution in [1.82, 2.24) is 0 Å². The molecule has 0 atom stereocenters. The van der Waals surface area contributed by atoms with Gasteiger partial charge >= 0.3 is 6.18 Å². The number of nitrogens with zero attached hydrogens (tertiary/aromatic N) is 3. The van der Waals surface area contributed by atoms with Crippen molar-refractivity contribution in [3.05, 3.63) is 38.6 Å². The van der Waals surface area contributed by atoms with E-state index in [1.54, 1.807) is 6.07 Å². The van der Waals surface area contributed by atoms with Crippen molar-refractivity contribution in [2.24, 2.45) is 0 Å². The summed E-state index contributed by atoms with van der Waals surface area (Å²) in [5.74, 6) is 0. The van der Waals surface area contributed by atoms with Gasteiger partial charge in [0.05, 0.1) is 5.56 Å². The van der Waals surface area contributed by atoms with E-state index in [1.165, 1.54) is 40.8 Å². The Morgan fingerprint density at radius 1 is 1.10 bits per heavy atom. The molecule has 0 fully saturated rings. The van der Waals surface area contributed by atoms with E-state index in [9.17, 15) is 13.2 Å². The van der Waals surface area contributed by atoms with Crippen molar-refractivity contribution in [2.75, 3.05) is 5.32 Å². The highest BCUT2D eigenvalue weighted by Crippen LogP contribution is 2.34. The Morgan fingerprint density at radius 3 is 2.10 bits per heavy atom. The molecule has 8 heteroatoms. The Bertz CT molecular complexity index is 671. The van der Waals surface area contributed by atoms with E-state index in [4.69, 9.17) is 15.8 Å². The molecule has 1 aromatic rings. The summed E-state index contributed by atoms with van der Waals surface area (Å²) in [5, 5.41) is 28.5. The second kappa shape index (κ2) is 6.27. The fourth-order valence-electron chi connectivity index (χ4n) is 1.25. The molecule has 1 rings (SSSR count). The quantitative estimate of drug-likeness (QED) is 0.621. The standard InChI is InChI=1S/C12H4F3IN4/c13-12(14,15)9-2-1-8(3-10(9)16)20-11(6-19)7(4-17)5-18/h1-3,20H. The van der Waals surface area contributed by atoms with E-state index in [0.717, 1.165) is 12.1 Å². The number of nitriles is 3. The Morgan fingerprint density at radius 2 is 1.70 bits per heavy atom. The van der Waals surface area contributed by atoms with Gasteiger partial charge in [0.2, 0.25) is 0 Å². The van der Waals surface area contributed by atoms with E-state index in [2.05, 4.69) is 5.32 Å². The van der Waals surface area contributed by atoms with Crippen LogP contribution in [0, 0.1) is 37.6 Å². The van der Waals surface area contributed by atoms with E-state index in [0.29, 0.717) is 0 Å². The maximum absolute atomic E-state index is 12.6. The van der Waals surface area contributed by atoms with Crippen LogP contribution in [0.4, 0.5) is 18.9 Å². The lowest BCUT2D eigenvalue weighted by Crippen LogP contribution is -2.08. The summed E-state index contributed by atoms with van der Waals surface area (Å²) < 4.78 is 37.7. The summed E-state index contributed by atoms with van der Waals surface area (Å²) in [6.07, 6.45) is -4.46. The number of halogens is 4. The summed E-state index contributed by atoms with van der Waals surface area (Å²) >= 11 is 1.52. The van der Waals surface area contributed by atoms with Crippen LogP contribution >= 0.6 is 22.6 Å². The maximum Gasteiger partial charge on any atom is 0.417 e. The van der Waals surface area contributed by atoms with Gasteiger partial charge in [-0.1, -0.05) is 0 Å². The Hall–Kier alpha value is -2.25. The van der Waals surface area contributed by atoms with Gasteiger partial charge in [-0.05, 0) is 40.8 Å². The Balaban J connectivity index is 3.18. The number of hydrogen-bond donors (Lipinski definition) is 1. The number of alkyl halides is 3. The molecule has 0 aliphatic rings. The van der Waals surface area contributed by atoms with Crippen LogP contribution < -0.4 is 5.32 Å². The molecule has 0 spiro atoms. The predicted molar refractivity (Wildman–Crippen MR) is 71.6 cm³/mol. The first kappa shape index (κ1) is 15.8. The van der Waals surface area contributed by atoms with Crippen LogP contribution in [0.15, 0.2) is 29.5 Å². The zero-order chi connectivity index (χ0) is 15.3. The molecule has 0 amide bonds. The van der Waals surface area contributed by atoms with Crippen molar-refractivity contribution < 1.29 is 13.2 Å². The van der Waals surface area contributed by atoms with Gasteiger partial charge in [0, 0.05) is 9.26 Å². The maximum atomic E-state index is 12.6. The van der Waals surface area contributed by atoms with Gasteiger partial charge in [0.1, 0.15) is 23.9 Å². The topological polar surface area (TPSA) is 83.4 Å². The second-order valence-corrected chi connectivity index (χ2v) is 4.56. The largest absolute Gasteiger partial charge is 0.417 e. The monoisotopic (exact) mass is 388 g/mol. The van der Waals surface area contributed by atoms with Crippen LogP contribution in [-0.2, 0) is 6.18 Å². The van der Waals surface area contributed by atoms with Crippen molar-refractivity contribution in [2.45, 2.75) is 6.18 Å². The minimum absolute atomic E-state index is 0.0622. The minimum Gasteiger partial charge on any atom is -0.345 e. The van der Waals surface area contributed by atoms with E-state index < -0.39 is 17.3 Å². The average molecular weight is 388 g/mol. The molecule has 0 radical (unpaired) electrons. The molecule has 1 aromatic carbocycles. The molecule has 20 heavy (non-hydrogen) atoms. The number of benzene rings is 1. The molecule has 100 valence electrons. The predicted octanol–water partition coefficient (Wildman–Crippen LogP) is 3.55. The Labute approximate surface area is 125 Å². The van der Waals surface area contributed by atoms with Crippen molar-refractivity contribution >= 4 is 28.3 Å². The van der Waals surface area contributed by atoms with Crippen LogP contribution in [0.25, 0.3) is 0 Å². The zero-order valence-corrected chi connectivity index (χ0v) is 11.7. The van der Waals surface area contributed by atoms with E-state index in [-0.39, 0.29) is 15.0 Å². The lowest BCUT2D eigenvalue weighted by Gasteiger charge is -2.11. The second-order valence-electron chi connectivity index (χ2n) is 3.40. The first-order valence-corrected chi connectivity index (χ1v) is 5.99. The first-order chi connectivity index (χ1) is 9.33. The smallest absolute Gasteiger partial charge is 0.345 e. The third-order valence-electron chi connectivity index (χ3n) is 2.13. The SMILES string of the molecule is N#CC(C#N)=C(C#N)Nc1ccc(C(F)(F)F)c(I)c1. The fraction of sp³-hybridized carbons (Fsp3) is 0.0833. The highest BCUT2D eigenvalue weighted by molar-refractivity contribution is 14.1.